The summed E-state index contributed by atoms with van der Waals surface area (Å²) in [6, 6.07) is 0.443. The number of hydrogen-bond donors (Lipinski definition) is 1. The Morgan fingerprint density at radius 3 is 2.78 bits per heavy atom. The molecule has 6 nitrogen and oxygen atoms in total. The van der Waals surface area contributed by atoms with Gasteiger partial charge in [-0.3, -0.25) is 9.69 Å². The van der Waals surface area contributed by atoms with Crippen LogP contribution < -0.4 is 5.32 Å². The first-order valence-corrected chi connectivity index (χ1v) is 6.64. The summed E-state index contributed by atoms with van der Waals surface area (Å²) in [5, 5.41) is 3.31. The molecule has 102 valence electrons. The standard InChI is InChI=1S/C12H21N3O3/c1-2-14(10-3-5-13-6-4-10)9-11(16)15-7-8-18-12(15)17/h10,13H,2-9H2,1H3. The normalized spacial score (nSPS) is 21.4. The summed E-state index contributed by atoms with van der Waals surface area (Å²) in [4.78, 5) is 26.7. The lowest BCUT2D eigenvalue weighted by Gasteiger charge is -2.33. The first kappa shape index (κ1) is 13.3. The van der Waals surface area contributed by atoms with Crippen molar-refractivity contribution in [3.8, 4) is 0 Å². The van der Waals surface area contributed by atoms with E-state index in [2.05, 4.69) is 17.1 Å². The highest BCUT2D eigenvalue weighted by atomic mass is 16.6. The van der Waals surface area contributed by atoms with Crippen LogP contribution in [0.1, 0.15) is 19.8 Å². The van der Waals surface area contributed by atoms with Crippen LogP contribution >= 0.6 is 0 Å². The number of carbonyl (C=O) groups excluding carboxylic acids is 2. The predicted octanol–water partition coefficient (Wildman–Crippen LogP) is 0.0391. The molecule has 2 fully saturated rings. The first-order valence-electron chi connectivity index (χ1n) is 6.64. The van der Waals surface area contributed by atoms with Gasteiger partial charge >= 0.3 is 6.09 Å². The number of imide groups is 1. The van der Waals surface area contributed by atoms with Crippen LogP contribution in [-0.2, 0) is 9.53 Å². The Morgan fingerprint density at radius 2 is 2.22 bits per heavy atom. The van der Waals surface area contributed by atoms with Crippen LogP contribution in [0.25, 0.3) is 0 Å². The van der Waals surface area contributed by atoms with Gasteiger partial charge in [-0.15, -0.1) is 0 Å². The van der Waals surface area contributed by atoms with Crippen molar-refractivity contribution in [3.63, 3.8) is 0 Å². The molecule has 0 saturated carbocycles. The van der Waals surface area contributed by atoms with E-state index in [0.29, 0.717) is 25.7 Å². The molecule has 6 heteroatoms. The van der Waals surface area contributed by atoms with Gasteiger partial charge in [0.05, 0.1) is 13.1 Å². The third kappa shape index (κ3) is 3.00. The maximum atomic E-state index is 12.0. The van der Waals surface area contributed by atoms with E-state index in [4.69, 9.17) is 4.74 Å². The topological polar surface area (TPSA) is 61.9 Å². The molecule has 0 aromatic rings. The lowest BCUT2D eigenvalue weighted by molar-refractivity contribution is -0.129. The summed E-state index contributed by atoms with van der Waals surface area (Å²) < 4.78 is 4.78. The molecule has 0 aliphatic carbocycles. The number of ether oxygens (including phenoxy) is 1. The number of amides is 2. The molecule has 0 radical (unpaired) electrons. The number of likely N-dealkylation sites (N-methyl/N-ethyl adjacent to an activating group) is 1. The van der Waals surface area contributed by atoms with Crippen molar-refractivity contribution in [1.29, 1.82) is 0 Å². The van der Waals surface area contributed by atoms with Gasteiger partial charge in [0, 0.05) is 6.04 Å². The second-order valence-electron chi connectivity index (χ2n) is 4.70. The summed E-state index contributed by atoms with van der Waals surface area (Å²) in [5.74, 6) is -0.141. The van der Waals surface area contributed by atoms with E-state index in [1.807, 2.05) is 0 Å². The largest absolute Gasteiger partial charge is 0.447 e. The molecule has 1 N–H and O–H groups in total. The van der Waals surface area contributed by atoms with Crippen LogP contribution in [0.15, 0.2) is 0 Å². The van der Waals surface area contributed by atoms with Gasteiger partial charge in [0.25, 0.3) is 0 Å². The van der Waals surface area contributed by atoms with E-state index in [1.165, 1.54) is 4.90 Å². The van der Waals surface area contributed by atoms with Crippen molar-refractivity contribution >= 4 is 12.0 Å². The maximum Gasteiger partial charge on any atom is 0.416 e. The Kier molecular flexibility index (Phi) is 4.54. The molecule has 0 aromatic heterocycles. The fourth-order valence-corrected chi connectivity index (χ4v) is 2.55. The Hall–Kier alpha value is -1.14. The Morgan fingerprint density at radius 1 is 1.50 bits per heavy atom. The van der Waals surface area contributed by atoms with Crippen LogP contribution in [0.4, 0.5) is 4.79 Å². The van der Waals surface area contributed by atoms with Crippen molar-refractivity contribution in [2.24, 2.45) is 0 Å². The van der Waals surface area contributed by atoms with Gasteiger partial charge in [-0.1, -0.05) is 6.92 Å². The number of hydrogen-bond acceptors (Lipinski definition) is 5. The van der Waals surface area contributed by atoms with E-state index in [-0.39, 0.29) is 5.91 Å². The quantitative estimate of drug-likeness (QED) is 0.768. The lowest BCUT2D eigenvalue weighted by atomic mass is 10.0. The van der Waals surface area contributed by atoms with E-state index in [9.17, 15) is 9.59 Å². The smallest absolute Gasteiger partial charge is 0.416 e. The molecule has 2 aliphatic heterocycles. The van der Waals surface area contributed by atoms with Gasteiger partial charge in [-0.2, -0.15) is 0 Å². The monoisotopic (exact) mass is 255 g/mol. The Labute approximate surface area is 107 Å². The van der Waals surface area contributed by atoms with Crippen molar-refractivity contribution < 1.29 is 14.3 Å². The van der Waals surface area contributed by atoms with Crippen LogP contribution in [-0.4, -0.2) is 67.2 Å². The SMILES string of the molecule is CCN(CC(=O)N1CCOC1=O)C1CCNCC1. The minimum atomic E-state index is -0.499. The van der Waals surface area contributed by atoms with E-state index in [1.54, 1.807) is 0 Å². The van der Waals surface area contributed by atoms with Crippen LogP contribution in [0.2, 0.25) is 0 Å². The van der Waals surface area contributed by atoms with Crippen LogP contribution in [0, 0.1) is 0 Å². The highest BCUT2D eigenvalue weighted by Crippen LogP contribution is 2.13. The van der Waals surface area contributed by atoms with Crippen molar-refractivity contribution in [1.82, 2.24) is 15.1 Å². The Balaban J connectivity index is 1.88. The summed E-state index contributed by atoms with van der Waals surface area (Å²) in [5.41, 5.74) is 0. The van der Waals surface area contributed by atoms with Gasteiger partial charge in [-0.05, 0) is 32.5 Å². The second-order valence-corrected chi connectivity index (χ2v) is 4.70. The van der Waals surface area contributed by atoms with Gasteiger partial charge < -0.3 is 10.1 Å². The molecule has 0 bridgehead atoms. The zero-order valence-electron chi connectivity index (χ0n) is 10.9. The molecule has 2 saturated heterocycles. The lowest BCUT2D eigenvalue weighted by Crippen LogP contribution is -2.48. The molecular formula is C12H21N3O3. The van der Waals surface area contributed by atoms with Gasteiger partial charge in [-0.25, -0.2) is 9.69 Å². The van der Waals surface area contributed by atoms with Crippen molar-refractivity contribution in [2.75, 3.05) is 39.3 Å². The molecular weight excluding hydrogens is 234 g/mol. The first-order chi connectivity index (χ1) is 8.72. The van der Waals surface area contributed by atoms with E-state index >= 15 is 0 Å². The molecule has 0 spiro atoms. The van der Waals surface area contributed by atoms with E-state index in [0.717, 1.165) is 32.5 Å². The van der Waals surface area contributed by atoms with Crippen molar-refractivity contribution in [2.45, 2.75) is 25.8 Å². The minimum Gasteiger partial charge on any atom is -0.447 e. The third-order valence-corrected chi connectivity index (χ3v) is 3.63. The number of carbonyl (C=O) groups is 2. The molecule has 0 atom stereocenters. The number of piperidine rings is 1. The highest BCUT2D eigenvalue weighted by molar-refractivity contribution is 5.94. The average molecular weight is 255 g/mol. The molecule has 2 rings (SSSR count). The van der Waals surface area contributed by atoms with Gasteiger partial charge in [0.2, 0.25) is 5.91 Å². The summed E-state index contributed by atoms with van der Waals surface area (Å²) in [6.45, 7) is 5.92. The maximum absolute atomic E-state index is 12.0. The zero-order valence-corrected chi connectivity index (χ0v) is 10.9. The van der Waals surface area contributed by atoms with Gasteiger partial charge in [0.15, 0.2) is 0 Å². The van der Waals surface area contributed by atoms with Crippen molar-refractivity contribution in [3.05, 3.63) is 0 Å². The fraction of sp³-hybridized carbons (Fsp3) is 0.833. The molecule has 18 heavy (non-hydrogen) atoms. The fourth-order valence-electron chi connectivity index (χ4n) is 2.55. The average Bonchev–Trinajstić information content (AvgIpc) is 2.83. The highest BCUT2D eigenvalue weighted by Gasteiger charge is 2.30. The number of nitrogens with one attached hydrogen (secondary N) is 1. The molecule has 0 aromatic carbocycles. The van der Waals surface area contributed by atoms with Crippen LogP contribution in [0.5, 0.6) is 0 Å². The van der Waals surface area contributed by atoms with E-state index < -0.39 is 6.09 Å². The Bertz CT molecular complexity index is 316. The summed E-state index contributed by atoms with van der Waals surface area (Å²) in [7, 11) is 0. The third-order valence-electron chi connectivity index (χ3n) is 3.63. The summed E-state index contributed by atoms with van der Waals surface area (Å²) in [6.07, 6.45) is 1.62. The predicted molar refractivity (Wildman–Crippen MR) is 66.2 cm³/mol. The summed E-state index contributed by atoms with van der Waals surface area (Å²) >= 11 is 0. The second kappa shape index (κ2) is 6.15. The zero-order chi connectivity index (χ0) is 13.0. The molecule has 2 heterocycles. The number of cyclic esters (lactones) is 1. The minimum absolute atomic E-state index is 0.141. The molecule has 0 unspecified atom stereocenters. The van der Waals surface area contributed by atoms with Gasteiger partial charge in [0.1, 0.15) is 6.61 Å². The number of rotatable bonds is 4. The molecule has 2 amide bonds. The molecule has 2 aliphatic rings. The number of nitrogens with zero attached hydrogens (tertiary/aromatic N) is 2. The van der Waals surface area contributed by atoms with Crippen LogP contribution in [0.3, 0.4) is 0 Å².